The van der Waals surface area contributed by atoms with Gasteiger partial charge in [-0.25, -0.2) is 0 Å². The normalized spacial score (nSPS) is 10.8. The van der Waals surface area contributed by atoms with Gasteiger partial charge in [0.25, 0.3) is 0 Å². The molecule has 3 aromatic rings. The highest BCUT2D eigenvalue weighted by atomic mass is 79.9. The van der Waals surface area contributed by atoms with Crippen LogP contribution in [-0.4, -0.2) is 33.5 Å². The van der Waals surface area contributed by atoms with Crippen molar-refractivity contribution in [2.24, 2.45) is 0 Å². The lowest BCUT2D eigenvalue weighted by Gasteiger charge is -2.09. The van der Waals surface area contributed by atoms with Crippen LogP contribution in [0, 0.1) is 0 Å². The SMILES string of the molecule is CCn1c(Cc2ccc(OC)cc2)nnc1SCC(=O)Nc1ccc(Br)c(Cl)c1. The van der Waals surface area contributed by atoms with Crippen LogP contribution in [0.5, 0.6) is 5.75 Å². The molecule has 2 aromatic carbocycles. The fraction of sp³-hybridized carbons (Fsp3) is 0.250. The standard InChI is InChI=1S/C20H20BrClN4O2S/c1-3-26-18(10-13-4-7-15(28-2)8-5-13)24-25-20(26)29-12-19(27)23-14-6-9-16(21)17(22)11-14/h4-9,11H,3,10,12H2,1-2H3,(H,23,27). The number of halogens is 2. The molecule has 9 heteroatoms. The van der Waals surface area contributed by atoms with Gasteiger partial charge in [0.15, 0.2) is 5.16 Å². The van der Waals surface area contributed by atoms with Gasteiger partial charge in [0, 0.05) is 23.1 Å². The average Bonchev–Trinajstić information content (AvgIpc) is 3.11. The number of rotatable bonds is 8. The fourth-order valence-corrected chi connectivity index (χ4v) is 3.95. The second kappa shape index (κ2) is 10.1. The monoisotopic (exact) mass is 494 g/mol. The molecule has 0 saturated heterocycles. The van der Waals surface area contributed by atoms with Crippen LogP contribution >= 0.6 is 39.3 Å². The number of nitrogens with one attached hydrogen (secondary N) is 1. The largest absolute Gasteiger partial charge is 0.497 e. The van der Waals surface area contributed by atoms with Crippen molar-refractivity contribution in [3.63, 3.8) is 0 Å². The Morgan fingerprint density at radius 1 is 1.24 bits per heavy atom. The predicted octanol–water partition coefficient (Wildman–Crippen LogP) is 5.04. The number of ether oxygens (including phenoxy) is 1. The molecule has 1 amide bonds. The molecular formula is C20H20BrClN4O2S. The van der Waals surface area contributed by atoms with Gasteiger partial charge in [-0.1, -0.05) is 35.5 Å². The topological polar surface area (TPSA) is 69.0 Å². The minimum atomic E-state index is -0.129. The van der Waals surface area contributed by atoms with E-state index in [4.69, 9.17) is 16.3 Å². The number of nitrogens with zero attached hydrogens (tertiary/aromatic N) is 3. The predicted molar refractivity (Wildman–Crippen MR) is 120 cm³/mol. The molecule has 0 aliphatic heterocycles. The summed E-state index contributed by atoms with van der Waals surface area (Å²) in [6, 6.07) is 13.2. The molecular weight excluding hydrogens is 476 g/mol. The van der Waals surface area contributed by atoms with E-state index in [2.05, 4.69) is 31.4 Å². The van der Waals surface area contributed by atoms with Gasteiger partial charge in [0.2, 0.25) is 5.91 Å². The second-order valence-corrected chi connectivity index (χ2v) is 8.34. The van der Waals surface area contributed by atoms with Crippen LogP contribution in [0.15, 0.2) is 52.1 Å². The minimum Gasteiger partial charge on any atom is -0.497 e. The van der Waals surface area contributed by atoms with Crippen molar-refractivity contribution < 1.29 is 9.53 Å². The quantitative estimate of drug-likeness (QED) is 0.443. The highest BCUT2D eigenvalue weighted by Gasteiger charge is 2.14. The Morgan fingerprint density at radius 2 is 2.00 bits per heavy atom. The Labute approximate surface area is 187 Å². The molecule has 152 valence electrons. The van der Waals surface area contributed by atoms with Gasteiger partial charge in [-0.15, -0.1) is 10.2 Å². The van der Waals surface area contributed by atoms with E-state index in [9.17, 15) is 4.79 Å². The number of hydrogen-bond acceptors (Lipinski definition) is 5. The zero-order chi connectivity index (χ0) is 20.8. The van der Waals surface area contributed by atoms with Gasteiger partial charge < -0.3 is 14.6 Å². The summed E-state index contributed by atoms with van der Waals surface area (Å²) in [6.45, 7) is 2.76. The molecule has 0 saturated carbocycles. The Bertz CT molecular complexity index is 995. The molecule has 0 aliphatic rings. The molecule has 0 atom stereocenters. The van der Waals surface area contributed by atoms with Crippen LogP contribution in [0.3, 0.4) is 0 Å². The molecule has 0 aliphatic carbocycles. The first-order valence-corrected chi connectivity index (χ1v) is 11.1. The lowest BCUT2D eigenvalue weighted by molar-refractivity contribution is -0.113. The minimum absolute atomic E-state index is 0.129. The van der Waals surface area contributed by atoms with Crippen molar-refractivity contribution in [1.82, 2.24) is 14.8 Å². The maximum atomic E-state index is 12.3. The van der Waals surface area contributed by atoms with Gasteiger partial charge in [-0.2, -0.15) is 0 Å². The van der Waals surface area contributed by atoms with Crippen molar-refractivity contribution in [3.05, 3.63) is 63.3 Å². The van der Waals surface area contributed by atoms with E-state index in [1.54, 1.807) is 25.3 Å². The molecule has 0 spiro atoms. The summed E-state index contributed by atoms with van der Waals surface area (Å²) >= 11 is 10.8. The summed E-state index contributed by atoms with van der Waals surface area (Å²) < 4.78 is 8.00. The second-order valence-electron chi connectivity index (χ2n) is 6.13. The van der Waals surface area contributed by atoms with Crippen molar-refractivity contribution in [2.75, 3.05) is 18.2 Å². The summed E-state index contributed by atoms with van der Waals surface area (Å²) in [6.07, 6.45) is 0.662. The molecule has 0 unspecified atom stereocenters. The highest BCUT2D eigenvalue weighted by Crippen LogP contribution is 2.26. The first kappa shape index (κ1) is 21.7. The van der Waals surface area contributed by atoms with Crippen LogP contribution in [-0.2, 0) is 17.8 Å². The van der Waals surface area contributed by atoms with Crippen LogP contribution < -0.4 is 10.1 Å². The van der Waals surface area contributed by atoms with E-state index >= 15 is 0 Å². The lowest BCUT2D eigenvalue weighted by atomic mass is 10.1. The molecule has 0 radical (unpaired) electrons. The molecule has 0 bridgehead atoms. The van der Waals surface area contributed by atoms with Crippen LogP contribution in [0.1, 0.15) is 18.3 Å². The molecule has 29 heavy (non-hydrogen) atoms. The highest BCUT2D eigenvalue weighted by molar-refractivity contribution is 9.10. The molecule has 1 N–H and O–H groups in total. The third-order valence-corrected chi connectivity index (χ3v) is 6.37. The van der Waals surface area contributed by atoms with E-state index in [0.717, 1.165) is 33.3 Å². The summed E-state index contributed by atoms with van der Waals surface area (Å²) in [7, 11) is 1.65. The summed E-state index contributed by atoms with van der Waals surface area (Å²) in [5.74, 6) is 1.78. The van der Waals surface area contributed by atoms with Crippen molar-refractivity contribution in [2.45, 2.75) is 25.0 Å². The van der Waals surface area contributed by atoms with Crippen molar-refractivity contribution in [1.29, 1.82) is 0 Å². The van der Waals surface area contributed by atoms with Crippen LogP contribution in [0.4, 0.5) is 5.69 Å². The van der Waals surface area contributed by atoms with Gasteiger partial charge >= 0.3 is 0 Å². The van der Waals surface area contributed by atoms with Gasteiger partial charge in [0.1, 0.15) is 11.6 Å². The molecule has 1 heterocycles. The zero-order valence-corrected chi connectivity index (χ0v) is 19.1. The Balaban J connectivity index is 1.61. The summed E-state index contributed by atoms with van der Waals surface area (Å²) in [5.41, 5.74) is 1.77. The zero-order valence-electron chi connectivity index (χ0n) is 16.0. The van der Waals surface area contributed by atoms with E-state index < -0.39 is 0 Å². The summed E-state index contributed by atoms with van der Waals surface area (Å²) in [5, 5.41) is 12.7. The Kier molecular flexibility index (Phi) is 7.57. The third-order valence-electron chi connectivity index (χ3n) is 4.17. The number of benzene rings is 2. The maximum absolute atomic E-state index is 12.3. The third kappa shape index (κ3) is 5.74. The number of anilines is 1. The van der Waals surface area contributed by atoms with E-state index in [-0.39, 0.29) is 11.7 Å². The molecule has 6 nitrogen and oxygen atoms in total. The van der Waals surface area contributed by atoms with Gasteiger partial charge in [-0.3, -0.25) is 4.79 Å². The number of thioether (sulfide) groups is 1. The van der Waals surface area contributed by atoms with E-state index in [1.165, 1.54) is 11.8 Å². The Morgan fingerprint density at radius 3 is 2.66 bits per heavy atom. The van der Waals surface area contributed by atoms with E-state index in [0.29, 0.717) is 17.1 Å². The Hall–Kier alpha value is -2.03. The van der Waals surface area contributed by atoms with E-state index in [1.807, 2.05) is 35.8 Å². The van der Waals surface area contributed by atoms with Gasteiger partial charge in [0.05, 0.1) is 17.9 Å². The number of carbonyl (C=O) groups excluding carboxylic acids is 1. The lowest BCUT2D eigenvalue weighted by Crippen LogP contribution is -2.14. The number of carbonyl (C=O) groups is 1. The maximum Gasteiger partial charge on any atom is 0.234 e. The van der Waals surface area contributed by atoms with Crippen molar-refractivity contribution >= 4 is 50.9 Å². The molecule has 3 rings (SSSR count). The van der Waals surface area contributed by atoms with Crippen LogP contribution in [0.2, 0.25) is 5.02 Å². The first-order chi connectivity index (χ1) is 14.0. The summed E-state index contributed by atoms with van der Waals surface area (Å²) in [4.78, 5) is 12.3. The van der Waals surface area contributed by atoms with Crippen molar-refractivity contribution in [3.8, 4) is 5.75 Å². The van der Waals surface area contributed by atoms with Crippen LogP contribution in [0.25, 0.3) is 0 Å². The fourth-order valence-electron chi connectivity index (χ4n) is 2.70. The molecule has 0 fully saturated rings. The average molecular weight is 496 g/mol. The molecule has 1 aromatic heterocycles. The first-order valence-electron chi connectivity index (χ1n) is 8.93. The number of methoxy groups -OCH3 is 1. The number of aromatic nitrogens is 3. The van der Waals surface area contributed by atoms with Gasteiger partial charge in [-0.05, 0) is 58.7 Å². The number of hydrogen-bond donors (Lipinski definition) is 1. The number of amides is 1. The smallest absolute Gasteiger partial charge is 0.234 e.